The predicted octanol–water partition coefficient (Wildman–Crippen LogP) is 0.997. The van der Waals surface area contributed by atoms with Crippen molar-refractivity contribution >= 4 is 11.9 Å². The molecule has 3 heterocycles. The maximum Gasteiger partial charge on any atom is 0.313 e. The summed E-state index contributed by atoms with van der Waals surface area (Å²) in [7, 11) is 1.93. The SMILES string of the molecule is Cc1nc(C(C)C)ncc1C(=O)N1C[C@@H]2CN(C)C[C@]2(C(=O)O)C1. The van der Waals surface area contributed by atoms with Gasteiger partial charge in [0.25, 0.3) is 5.91 Å². The molecule has 24 heavy (non-hydrogen) atoms. The Labute approximate surface area is 141 Å². The number of hydrogen-bond donors (Lipinski definition) is 1. The first kappa shape index (κ1) is 16.8. The van der Waals surface area contributed by atoms with Crippen molar-refractivity contribution in [3.63, 3.8) is 0 Å². The van der Waals surface area contributed by atoms with Crippen molar-refractivity contribution in [3.05, 3.63) is 23.3 Å². The van der Waals surface area contributed by atoms with Crippen LogP contribution in [0.3, 0.4) is 0 Å². The number of aryl methyl sites for hydroxylation is 1. The fourth-order valence-electron chi connectivity index (χ4n) is 3.92. The summed E-state index contributed by atoms with van der Waals surface area (Å²) in [6, 6.07) is 0. The smallest absolute Gasteiger partial charge is 0.313 e. The molecule has 3 rings (SSSR count). The highest BCUT2D eigenvalue weighted by Gasteiger charge is 2.57. The van der Waals surface area contributed by atoms with Gasteiger partial charge in [0.15, 0.2) is 0 Å². The lowest BCUT2D eigenvalue weighted by Gasteiger charge is -2.24. The minimum atomic E-state index is -0.850. The second-order valence-corrected chi connectivity index (χ2v) is 7.42. The number of carboxylic acid groups (broad SMARTS) is 1. The third kappa shape index (κ3) is 2.56. The van der Waals surface area contributed by atoms with Gasteiger partial charge >= 0.3 is 5.97 Å². The first-order chi connectivity index (χ1) is 11.2. The maximum atomic E-state index is 12.9. The molecule has 0 unspecified atom stereocenters. The number of aliphatic carboxylic acids is 1. The highest BCUT2D eigenvalue weighted by atomic mass is 16.4. The van der Waals surface area contributed by atoms with Crippen molar-refractivity contribution in [2.75, 3.05) is 33.2 Å². The third-order valence-electron chi connectivity index (χ3n) is 5.24. The lowest BCUT2D eigenvalue weighted by molar-refractivity contribution is -0.148. The van der Waals surface area contributed by atoms with E-state index in [9.17, 15) is 14.7 Å². The van der Waals surface area contributed by atoms with Crippen LogP contribution in [-0.4, -0.2) is 70.0 Å². The van der Waals surface area contributed by atoms with Gasteiger partial charge in [0.05, 0.1) is 11.3 Å². The molecule has 0 radical (unpaired) electrons. The Balaban J connectivity index is 1.84. The van der Waals surface area contributed by atoms with Gasteiger partial charge < -0.3 is 14.9 Å². The summed E-state index contributed by atoms with van der Waals surface area (Å²) in [6.45, 7) is 7.73. The number of aromatic nitrogens is 2. The Hall–Kier alpha value is -2.02. The molecule has 2 aliphatic rings. The van der Waals surface area contributed by atoms with Gasteiger partial charge in [-0.2, -0.15) is 0 Å². The number of carboxylic acids is 1. The molecule has 2 fully saturated rings. The second-order valence-electron chi connectivity index (χ2n) is 7.42. The molecule has 7 nitrogen and oxygen atoms in total. The van der Waals surface area contributed by atoms with Crippen LogP contribution in [0.1, 0.15) is 41.6 Å². The quantitative estimate of drug-likeness (QED) is 0.888. The molecule has 0 aromatic carbocycles. The van der Waals surface area contributed by atoms with Crippen molar-refractivity contribution in [2.24, 2.45) is 11.3 Å². The summed E-state index contributed by atoms with van der Waals surface area (Å²) in [5.74, 6) is -0.0911. The summed E-state index contributed by atoms with van der Waals surface area (Å²) >= 11 is 0. The Morgan fingerprint density at radius 3 is 2.58 bits per heavy atom. The third-order valence-corrected chi connectivity index (χ3v) is 5.24. The van der Waals surface area contributed by atoms with E-state index < -0.39 is 11.4 Å². The van der Waals surface area contributed by atoms with E-state index in [2.05, 4.69) is 9.97 Å². The minimum absolute atomic E-state index is 0.0277. The van der Waals surface area contributed by atoms with Gasteiger partial charge in [-0.05, 0) is 14.0 Å². The standard InChI is InChI=1S/C17H24N4O3/c1-10(2)14-18-5-13(11(3)19-14)15(22)21-7-12-6-20(4)8-17(12,9-21)16(23)24/h5,10,12H,6-9H2,1-4H3,(H,23,24)/t12-,17-/m0/s1. The largest absolute Gasteiger partial charge is 0.481 e. The van der Waals surface area contributed by atoms with Gasteiger partial charge in [0.1, 0.15) is 11.2 Å². The minimum Gasteiger partial charge on any atom is -0.481 e. The lowest BCUT2D eigenvalue weighted by atomic mass is 9.81. The van der Waals surface area contributed by atoms with E-state index in [-0.39, 0.29) is 24.3 Å². The molecule has 2 saturated heterocycles. The summed E-state index contributed by atoms with van der Waals surface area (Å²) < 4.78 is 0. The molecule has 1 aromatic heterocycles. The van der Waals surface area contributed by atoms with Crippen molar-refractivity contribution in [1.29, 1.82) is 0 Å². The molecule has 0 aliphatic carbocycles. The average molecular weight is 332 g/mol. The number of nitrogens with zero attached hydrogens (tertiary/aromatic N) is 4. The van der Waals surface area contributed by atoms with Crippen LogP contribution in [-0.2, 0) is 4.79 Å². The summed E-state index contributed by atoms with van der Waals surface area (Å²) in [6.07, 6.45) is 1.58. The van der Waals surface area contributed by atoms with Crippen LogP contribution in [0.2, 0.25) is 0 Å². The molecule has 130 valence electrons. The zero-order chi connectivity index (χ0) is 17.6. The van der Waals surface area contributed by atoms with E-state index in [0.717, 1.165) is 0 Å². The fraction of sp³-hybridized carbons (Fsp3) is 0.647. The molecular formula is C17H24N4O3. The van der Waals surface area contributed by atoms with E-state index >= 15 is 0 Å². The Morgan fingerprint density at radius 2 is 2.04 bits per heavy atom. The molecule has 2 aliphatic heterocycles. The Kier molecular flexibility index (Phi) is 4.07. The number of amides is 1. The predicted molar refractivity (Wildman–Crippen MR) is 87.8 cm³/mol. The van der Waals surface area contributed by atoms with E-state index in [1.807, 2.05) is 25.8 Å². The van der Waals surface area contributed by atoms with Gasteiger partial charge in [-0.15, -0.1) is 0 Å². The van der Waals surface area contributed by atoms with E-state index in [1.54, 1.807) is 18.0 Å². The van der Waals surface area contributed by atoms with Gasteiger partial charge in [-0.1, -0.05) is 13.8 Å². The highest BCUT2D eigenvalue weighted by Crippen LogP contribution is 2.42. The van der Waals surface area contributed by atoms with Gasteiger partial charge in [-0.25, -0.2) is 9.97 Å². The molecule has 2 atom stereocenters. The molecular weight excluding hydrogens is 308 g/mol. The number of carbonyl (C=O) groups excluding carboxylic acids is 1. The molecule has 0 spiro atoms. The van der Waals surface area contributed by atoms with Crippen molar-refractivity contribution < 1.29 is 14.7 Å². The normalized spacial score (nSPS) is 26.9. The number of rotatable bonds is 3. The van der Waals surface area contributed by atoms with E-state index in [1.165, 1.54) is 0 Å². The molecule has 1 amide bonds. The summed E-state index contributed by atoms with van der Waals surface area (Å²) in [5.41, 5.74) is 0.266. The van der Waals surface area contributed by atoms with Gasteiger partial charge in [0.2, 0.25) is 0 Å². The van der Waals surface area contributed by atoms with E-state index in [0.29, 0.717) is 36.7 Å². The Bertz CT molecular complexity index is 690. The fourth-order valence-corrected chi connectivity index (χ4v) is 3.92. The monoisotopic (exact) mass is 332 g/mol. The Morgan fingerprint density at radius 1 is 1.33 bits per heavy atom. The summed E-state index contributed by atoms with van der Waals surface area (Å²) in [5, 5.41) is 9.72. The van der Waals surface area contributed by atoms with Gasteiger partial charge in [0, 0.05) is 44.2 Å². The van der Waals surface area contributed by atoms with Crippen LogP contribution in [0.25, 0.3) is 0 Å². The molecule has 1 N–H and O–H groups in total. The van der Waals surface area contributed by atoms with Crippen LogP contribution >= 0.6 is 0 Å². The van der Waals surface area contributed by atoms with Crippen molar-refractivity contribution in [2.45, 2.75) is 26.7 Å². The maximum absolute atomic E-state index is 12.9. The van der Waals surface area contributed by atoms with Crippen LogP contribution in [0.4, 0.5) is 0 Å². The first-order valence-electron chi connectivity index (χ1n) is 8.29. The van der Waals surface area contributed by atoms with Gasteiger partial charge in [-0.3, -0.25) is 9.59 Å². The lowest BCUT2D eigenvalue weighted by Crippen LogP contribution is -2.41. The zero-order valence-electron chi connectivity index (χ0n) is 14.6. The zero-order valence-corrected chi connectivity index (χ0v) is 14.6. The number of hydrogen-bond acceptors (Lipinski definition) is 5. The molecule has 1 aromatic rings. The van der Waals surface area contributed by atoms with Crippen LogP contribution < -0.4 is 0 Å². The molecule has 0 saturated carbocycles. The first-order valence-corrected chi connectivity index (χ1v) is 8.29. The van der Waals surface area contributed by atoms with Crippen LogP contribution in [0.15, 0.2) is 6.20 Å². The van der Waals surface area contributed by atoms with Crippen molar-refractivity contribution in [1.82, 2.24) is 19.8 Å². The molecule has 7 heteroatoms. The van der Waals surface area contributed by atoms with Crippen LogP contribution in [0.5, 0.6) is 0 Å². The topological polar surface area (TPSA) is 86.6 Å². The molecule has 0 bridgehead atoms. The number of carbonyl (C=O) groups is 2. The summed E-state index contributed by atoms with van der Waals surface area (Å²) in [4.78, 5) is 37.1. The second kappa shape index (κ2) is 5.81. The number of likely N-dealkylation sites (tertiary alicyclic amines) is 2. The van der Waals surface area contributed by atoms with Crippen molar-refractivity contribution in [3.8, 4) is 0 Å². The van der Waals surface area contributed by atoms with E-state index in [4.69, 9.17) is 0 Å². The highest BCUT2D eigenvalue weighted by molar-refractivity contribution is 5.96. The number of fused-ring (bicyclic) bond motifs is 1. The van der Waals surface area contributed by atoms with Crippen LogP contribution in [0, 0.1) is 18.3 Å². The average Bonchev–Trinajstić information content (AvgIpc) is 3.00.